The number of ether oxygens (including phenoxy) is 2. The molecular weight excluding hydrogens is 391 g/mol. The molecule has 0 spiro atoms. The van der Waals surface area contributed by atoms with Crippen LogP contribution in [0.1, 0.15) is 48.4 Å². The topological polar surface area (TPSA) is 107 Å². The summed E-state index contributed by atoms with van der Waals surface area (Å²) in [4.78, 5) is 22.0. The van der Waals surface area contributed by atoms with Crippen molar-refractivity contribution in [1.82, 2.24) is 0 Å². The van der Waals surface area contributed by atoms with Crippen LogP contribution in [0.5, 0.6) is 0 Å². The fourth-order valence-corrected chi connectivity index (χ4v) is 5.80. The van der Waals surface area contributed by atoms with Gasteiger partial charge < -0.3 is 9.47 Å². The lowest BCUT2D eigenvalue weighted by Crippen LogP contribution is -2.09. The molecule has 0 saturated heterocycles. The molecule has 9 heteroatoms. The molecular formula is C18H30O7PS+. The predicted molar refractivity (Wildman–Crippen MR) is 108 cm³/mol. The highest BCUT2D eigenvalue weighted by molar-refractivity contribution is 7.85. The molecule has 1 rings (SSSR count). The number of rotatable bonds is 7. The van der Waals surface area contributed by atoms with Crippen molar-refractivity contribution >= 4 is 29.3 Å². The standard InChI is InChI=1S/C10H10O7S.C8H20P/c1-16-9(11)6-3-7(10(12)17-2)5-8(4-6)18(13,14)15;1-5-9(6-2,7-3)8-4/h3-5H,1-2H3,(H,13,14,15);5-8H2,1-4H3/q;+1. The Kier molecular flexibility index (Phi) is 10.7. The summed E-state index contributed by atoms with van der Waals surface area (Å²) in [6, 6.07) is 2.90. The maximum absolute atomic E-state index is 11.3. The molecule has 0 aliphatic carbocycles. The number of carbonyl (C=O) groups excluding carboxylic acids is 2. The molecule has 1 aromatic rings. The second-order valence-electron chi connectivity index (χ2n) is 5.81. The number of hydrogen-bond donors (Lipinski definition) is 1. The number of methoxy groups -OCH3 is 2. The lowest BCUT2D eigenvalue weighted by molar-refractivity contribution is 0.0598. The van der Waals surface area contributed by atoms with Crippen molar-refractivity contribution in [2.24, 2.45) is 0 Å². The van der Waals surface area contributed by atoms with Crippen LogP contribution in [-0.2, 0) is 19.6 Å². The zero-order valence-corrected chi connectivity index (χ0v) is 18.5. The number of benzene rings is 1. The summed E-state index contributed by atoms with van der Waals surface area (Å²) in [6.45, 7) is 9.41. The summed E-state index contributed by atoms with van der Waals surface area (Å²) in [6.07, 6.45) is 5.82. The SMILES string of the molecule is CC[P+](CC)(CC)CC.COC(=O)c1cc(C(=O)OC)cc(S(=O)(=O)O)c1. The summed E-state index contributed by atoms with van der Waals surface area (Å²) in [5, 5.41) is 0. The molecule has 27 heavy (non-hydrogen) atoms. The lowest BCUT2D eigenvalue weighted by Gasteiger charge is -2.20. The first-order valence-corrected chi connectivity index (χ1v) is 12.6. The molecule has 0 aromatic heterocycles. The van der Waals surface area contributed by atoms with Crippen LogP contribution >= 0.6 is 7.26 Å². The molecule has 0 aliphatic rings. The Morgan fingerprint density at radius 2 is 1.19 bits per heavy atom. The zero-order valence-electron chi connectivity index (χ0n) is 16.8. The highest BCUT2D eigenvalue weighted by atomic mass is 32.2. The average molecular weight is 421 g/mol. The van der Waals surface area contributed by atoms with Crippen LogP contribution in [0.2, 0.25) is 0 Å². The van der Waals surface area contributed by atoms with Crippen LogP contribution in [-0.4, -0.2) is 63.8 Å². The van der Waals surface area contributed by atoms with E-state index < -0.39 is 34.2 Å². The van der Waals surface area contributed by atoms with E-state index in [1.54, 1.807) is 0 Å². The third kappa shape index (κ3) is 7.56. The van der Waals surface area contributed by atoms with Gasteiger partial charge in [-0.1, -0.05) is 0 Å². The molecule has 0 bridgehead atoms. The van der Waals surface area contributed by atoms with Gasteiger partial charge >= 0.3 is 11.9 Å². The lowest BCUT2D eigenvalue weighted by atomic mass is 10.1. The minimum Gasteiger partial charge on any atom is -0.465 e. The number of carbonyl (C=O) groups is 2. The molecule has 0 fully saturated rings. The van der Waals surface area contributed by atoms with Crippen molar-refractivity contribution in [3.05, 3.63) is 29.3 Å². The molecule has 0 amide bonds. The maximum Gasteiger partial charge on any atom is 0.337 e. The Morgan fingerprint density at radius 1 is 0.852 bits per heavy atom. The summed E-state index contributed by atoms with van der Waals surface area (Å²) < 4.78 is 39.7. The van der Waals surface area contributed by atoms with Gasteiger partial charge in [0.05, 0.1) is 54.9 Å². The second kappa shape index (κ2) is 11.4. The van der Waals surface area contributed by atoms with Crippen LogP contribution in [0.25, 0.3) is 0 Å². The van der Waals surface area contributed by atoms with Crippen LogP contribution in [0.15, 0.2) is 23.1 Å². The van der Waals surface area contributed by atoms with E-state index in [0.717, 1.165) is 32.4 Å². The Hall–Kier alpha value is -1.50. The minimum absolute atomic E-state index is 0.187. The van der Waals surface area contributed by atoms with Crippen molar-refractivity contribution in [1.29, 1.82) is 0 Å². The van der Waals surface area contributed by atoms with Gasteiger partial charge in [0, 0.05) is 7.26 Å². The first kappa shape index (κ1) is 25.5. The molecule has 0 radical (unpaired) electrons. The first-order chi connectivity index (χ1) is 12.5. The van der Waals surface area contributed by atoms with E-state index in [1.165, 1.54) is 24.6 Å². The molecule has 0 unspecified atom stereocenters. The fraction of sp³-hybridized carbons (Fsp3) is 0.556. The summed E-state index contributed by atoms with van der Waals surface area (Å²) in [5.41, 5.74) is -0.374. The van der Waals surface area contributed by atoms with Crippen molar-refractivity contribution in [2.75, 3.05) is 38.9 Å². The molecule has 0 atom stereocenters. The highest BCUT2D eigenvalue weighted by Gasteiger charge is 2.27. The maximum atomic E-state index is 11.3. The van der Waals surface area contributed by atoms with Crippen LogP contribution in [0, 0.1) is 0 Å². The molecule has 0 aliphatic heterocycles. The van der Waals surface area contributed by atoms with Crippen molar-refractivity contribution < 1.29 is 32.0 Å². The smallest absolute Gasteiger partial charge is 0.337 e. The Bertz CT molecular complexity index is 688. The predicted octanol–water partition coefficient (Wildman–Crippen LogP) is 3.59. The van der Waals surface area contributed by atoms with E-state index in [1.807, 2.05) is 0 Å². The van der Waals surface area contributed by atoms with Crippen LogP contribution < -0.4 is 0 Å². The van der Waals surface area contributed by atoms with Gasteiger partial charge in [0.25, 0.3) is 10.1 Å². The zero-order chi connectivity index (χ0) is 21.3. The van der Waals surface area contributed by atoms with Gasteiger partial charge in [-0.05, 0) is 45.9 Å². The monoisotopic (exact) mass is 421 g/mol. The average Bonchev–Trinajstić information content (AvgIpc) is 2.68. The molecule has 7 nitrogen and oxygen atoms in total. The van der Waals surface area contributed by atoms with Crippen LogP contribution in [0.3, 0.4) is 0 Å². The Labute approximate surface area is 162 Å². The summed E-state index contributed by atoms with van der Waals surface area (Å²) in [7, 11) is -2.77. The molecule has 154 valence electrons. The Morgan fingerprint density at radius 3 is 1.37 bits per heavy atom. The largest absolute Gasteiger partial charge is 0.465 e. The van der Waals surface area contributed by atoms with E-state index in [2.05, 4.69) is 37.2 Å². The van der Waals surface area contributed by atoms with Gasteiger partial charge in [-0.2, -0.15) is 8.42 Å². The fourth-order valence-electron chi connectivity index (χ4n) is 2.56. The van der Waals surface area contributed by atoms with E-state index in [-0.39, 0.29) is 11.1 Å². The van der Waals surface area contributed by atoms with Gasteiger partial charge in [-0.25, -0.2) is 9.59 Å². The van der Waals surface area contributed by atoms with Crippen molar-refractivity contribution in [3.63, 3.8) is 0 Å². The molecule has 0 saturated carbocycles. The first-order valence-electron chi connectivity index (χ1n) is 8.68. The molecule has 1 aromatic carbocycles. The molecule has 1 N–H and O–H groups in total. The van der Waals surface area contributed by atoms with E-state index in [0.29, 0.717) is 0 Å². The van der Waals surface area contributed by atoms with E-state index in [9.17, 15) is 18.0 Å². The second-order valence-corrected chi connectivity index (χ2v) is 12.4. The van der Waals surface area contributed by atoms with Crippen molar-refractivity contribution in [2.45, 2.75) is 32.6 Å². The quantitative estimate of drug-likeness (QED) is 0.407. The minimum atomic E-state index is -4.55. The van der Waals surface area contributed by atoms with Gasteiger partial charge in [-0.15, -0.1) is 0 Å². The summed E-state index contributed by atoms with van der Waals surface area (Å²) in [5.74, 6) is -1.68. The highest BCUT2D eigenvalue weighted by Crippen LogP contribution is 2.57. The van der Waals surface area contributed by atoms with E-state index in [4.69, 9.17) is 4.55 Å². The van der Waals surface area contributed by atoms with Crippen molar-refractivity contribution in [3.8, 4) is 0 Å². The third-order valence-electron chi connectivity index (χ3n) is 4.73. The van der Waals surface area contributed by atoms with Gasteiger partial charge in [0.15, 0.2) is 0 Å². The Balaban J connectivity index is 0.000000636. The van der Waals surface area contributed by atoms with E-state index >= 15 is 0 Å². The summed E-state index contributed by atoms with van der Waals surface area (Å²) >= 11 is 0. The molecule has 0 heterocycles. The third-order valence-corrected chi connectivity index (χ3v) is 10.9. The number of hydrogen-bond acceptors (Lipinski definition) is 6. The van der Waals surface area contributed by atoms with Gasteiger partial charge in [0.1, 0.15) is 0 Å². The number of esters is 2. The normalized spacial score (nSPS) is 11.2. The van der Waals surface area contributed by atoms with Crippen LogP contribution in [0.4, 0.5) is 0 Å². The van der Waals surface area contributed by atoms with Gasteiger partial charge in [0.2, 0.25) is 0 Å². The van der Waals surface area contributed by atoms with Gasteiger partial charge in [-0.3, -0.25) is 4.55 Å².